The van der Waals surface area contributed by atoms with E-state index in [4.69, 9.17) is 0 Å². The van der Waals surface area contributed by atoms with E-state index in [9.17, 15) is 10.5 Å². The molecule has 3 heteroatoms. The summed E-state index contributed by atoms with van der Waals surface area (Å²) in [6, 6.07) is 32.6. The van der Waals surface area contributed by atoms with Gasteiger partial charge in [0.2, 0.25) is 0 Å². The highest BCUT2D eigenvalue weighted by Gasteiger charge is 2.49. The minimum absolute atomic E-state index is 0.374. The lowest BCUT2D eigenvalue weighted by Crippen LogP contribution is -2.23. The predicted octanol–water partition coefficient (Wildman–Crippen LogP) is 6.00. The van der Waals surface area contributed by atoms with Gasteiger partial charge in [-0.15, -0.1) is 0 Å². The first-order valence-electron chi connectivity index (χ1n) is 11.0. The monoisotopic (exact) mass is 403 g/mol. The molecule has 0 N–H and O–H groups in total. The molecule has 152 valence electrons. The van der Waals surface area contributed by atoms with Crippen molar-refractivity contribution in [2.24, 2.45) is 0 Å². The fourth-order valence-corrected chi connectivity index (χ4v) is 4.37. The first kappa shape index (κ1) is 19.4. The standard InChI is InChI=1S/C28H25N3/c29-20-27(11-12-27)24-15-25(28(21-30)13-14-28)17-26(16-24)31(18-22-7-3-1-4-8-22)19-23-9-5-2-6-10-23/h1-10,15-17H,11-14,18-19H2. The molecular weight excluding hydrogens is 378 g/mol. The molecule has 5 rings (SSSR count). The summed E-state index contributed by atoms with van der Waals surface area (Å²) < 4.78 is 0. The molecule has 2 aliphatic rings. The lowest BCUT2D eigenvalue weighted by Gasteiger charge is -2.28. The van der Waals surface area contributed by atoms with E-state index in [1.54, 1.807) is 0 Å². The summed E-state index contributed by atoms with van der Waals surface area (Å²) in [7, 11) is 0. The molecule has 3 nitrogen and oxygen atoms in total. The molecule has 0 amide bonds. The van der Waals surface area contributed by atoms with Crippen LogP contribution in [0.5, 0.6) is 0 Å². The number of nitriles is 2. The largest absolute Gasteiger partial charge is 0.363 e. The first-order valence-corrected chi connectivity index (χ1v) is 11.0. The number of nitrogens with zero attached hydrogens (tertiary/aromatic N) is 3. The molecule has 31 heavy (non-hydrogen) atoms. The zero-order chi connectivity index (χ0) is 21.3. The summed E-state index contributed by atoms with van der Waals surface area (Å²) in [6.07, 6.45) is 3.62. The Balaban J connectivity index is 1.59. The molecular formula is C28H25N3. The van der Waals surface area contributed by atoms with Crippen LogP contribution in [0.2, 0.25) is 0 Å². The van der Waals surface area contributed by atoms with Crippen LogP contribution in [0, 0.1) is 22.7 Å². The lowest BCUT2D eigenvalue weighted by molar-refractivity contribution is 0.789. The third kappa shape index (κ3) is 3.80. The van der Waals surface area contributed by atoms with Gasteiger partial charge in [-0.25, -0.2) is 0 Å². The van der Waals surface area contributed by atoms with Crippen molar-refractivity contribution in [3.8, 4) is 12.1 Å². The normalized spacial score (nSPS) is 17.2. The second-order valence-corrected chi connectivity index (χ2v) is 8.98. The van der Waals surface area contributed by atoms with Crippen molar-refractivity contribution >= 4 is 5.69 Å². The Hall–Kier alpha value is -3.56. The van der Waals surface area contributed by atoms with Crippen molar-refractivity contribution in [3.63, 3.8) is 0 Å². The molecule has 0 unspecified atom stereocenters. The number of anilines is 1. The molecule has 0 spiro atoms. The number of hydrogen-bond donors (Lipinski definition) is 0. The summed E-state index contributed by atoms with van der Waals surface area (Å²) in [5.41, 5.74) is 5.00. The number of rotatable bonds is 7. The Morgan fingerprint density at radius 2 is 1.06 bits per heavy atom. The van der Waals surface area contributed by atoms with Gasteiger partial charge in [-0.3, -0.25) is 0 Å². The van der Waals surface area contributed by atoms with Gasteiger partial charge in [-0.1, -0.05) is 66.7 Å². The van der Waals surface area contributed by atoms with Crippen molar-refractivity contribution in [2.75, 3.05) is 4.90 Å². The molecule has 0 radical (unpaired) electrons. The van der Waals surface area contributed by atoms with E-state index in [1.165, 1.54) is 11.1 Å². The van der Waals surface area contributed by atoms with Gasteiger partial charge in [0.25, 0.3) is 0 Å². The third-order valence-electron chi connectivity index (χ3n) is 6.75. The summed E-state index contributed by atoms with van der Waals surface area (Å²) in [5.74, 6) is 0. The molecule has 3 aromatic carbocycles. The summed E-state index contributed by atoms with van der Waals surface area (Å²) in [4.78, 5) is 2.37. The minimum Gasteiger partial charge on any atom is -0.363 e. The Kier molecular flexibility index (Phi) is 4.76. The van der Waals surface area contributed by atoms with E-state index >= 15 is 0 Å². The smallest absolute Gasteiger partial charge is 0.0824 e. The highest BCUT2D eigenvalue weighted by Crippen LogP contribution is 2.53. The molecule has 2 fully saturated rings. The molecule has 2 aliphatic carbocycles. The zero-order valence-electron chi connectivity index (χ0n) is 17.6. The van der Waals surface area contributed by atoms with Crippen LogP contribution in [0.3, 0.4) is 0 Å². The molecule has 0 heterocycles. The van der Waals surface area contributed by atoms with Gasteiger partial charge >= 0.3 is 0 Å². The molecule has 2 saturated carbocycles. The van der Waals surface area contributed by atoms with E-state index in [2.05, 4.69) is 83.8 Å². The molecule has 0 bridgehead atoms. The van der Waals surface area contributed by atoms with Crippen LogP contribution in [0.15, 0.2) is 78.9 Å². The average Bonchev–Trinajstić information content (AvgIpc) is 3.75. The lowest BCUT2D eigenvalue weighted by atomic mass is 9.89. The van der Waals surface area contributed by atoms with Crippen molar-refractivity contribution in [2.45, 2.75) is 49.6 Å². The number of benzene rings is 3. The highest BCUT2D eigenvalue weighted by atomic mass is 15.1. The Morgan fingerprint density at radius 3 is 1.42 bits per heavy atom. The van der Waals surface area contributed by atoms with Crippen LogP contribution in [-0.2, 0) is 23.9 Å². The van der Waals surface area contributed by atoms with Crippen LogP contribution in [0.4, 0.5) is 5.69 Å². The van der Waals surface area contributed by atoms with Gasteiger partial charge in [-0.2, -0.15) is 10.5 Å². The van der Waals surface area contributed by atoms with Crippen LogP contribution in [0.1, 0.15) is 47.9 Å². The van der Waals surface area contributed by atoms with E-state index in [0.29, 0.717) is 0 Å². The SMILES string of the molecule is N#CC1(c2cc(N(Cc3ccccc3)Cc3ccccc3)cc(C3(C#N)CC3)c2)CC1. The molecule has 0 saturated heterocycles. The van der Waals surface area contributed by atoms with Crippen LogP contribution in [0.25, 0.3) is 0 Å². The van der Waals surface area contributed by atoms with E-state index in [0.717, 1.165) is 55.6 Å². The van der Waals surface area contributed by atoms with Gasteiger partial charge in [0.05, 0.1) is 23.0 Å². The van der Waals surface area contributed by atoms with Gasteiger partial charge in [-0.05, 0) is 60.1 Å². The first-order chi connectivity index (χ1) is 15.2. The maximum Gasteiger partial charge on any atom is 0.0824 e. The second-order valence-electron chi connectivity index (χ2n) is 8.98. The van der Waals surface area contributed by atoms with E-state index in [-0.39, 0.29) is 10.8 Å². The molecule has 3 aromatic rings. The fraction of sp³-hybridized carbons (Fsp3) is 0.286. The molecule has 0 aliphatic heterocycles. The van der Waals surface area contributed by atoms with Crippen LogP contribution >= 0.6 is 0 Å². The Morgan fingerprint density at radius 1 is 0.645 bits per heavy atom. The Bertz CT molecular complexity index is 1070. The quantitative estimate of drug-likeness (QED) is 0.486. The van der Waals surface area contributed by atoms with Gasteiger partial charge in [0.15, 0.2) is 0 Å². The highest BCUT2D eigenvalue weighted by molar-refractivity contribution is 5.59. The van der Waals surface area contributed by atoms with Crippen molar-refractivity contribution in [1.29, 1.82) is 10.5 Å². The predicted molar refractivity (Wildman–Crippen MR) is 122 cm³/mol. The van der Waals surface area contributed by atoms with E-state index < -0.39 is 0 Å². The van der Waals surface area contributed by atoms with Crippen LogP contribution in [-0.4, -0.2) is 0 Å². The van der Waals surface area contributed by atoms with E-state index in [1.807, 2.05) is 12.1 Å². The third-order valence-corrected chi connectivity index (χ3v) is 6.75. The summed E-state index contributed by atoms with van der Waals surface area (Å²) >= 11 is 0. The topological polar surface area (TPSA) is 50.8 Å². The van der Waals surface area contributed by atoms with Crippen molar-refractivity contribution in [1.82, 2.24) is 0 Å². The van der Waals surface area contributed by atoms with Crippen molar-refractivity contribution < 1.29 is 0 Å². The Labute approximate surface area is 184 Å². The molecule has 0 atom stereocenters. The van der Waals surface area contributed by atoms with Gasteiger partial charge in [0, 0.05) is 18.8 Å². The zero-order valence-corrected chi connectivity index (χ0v) is 17.6. The maximum atomic E-state index is 9.85. The molecule has 0 aromatic heterocycles. The number of hydrogen-bond acceptors (Lipinski definition) is 3. The minimum atomic E-state index is -0.374. The average molecular weight is 404 g/mol. The van der Waals surface area contributed by atoms with Crippen molar-refractivity contribution in [3.05, 3.63) is 101 Å². The maximum absolute atomic E-state index is 9.85. The fourth-order valence-electron chi connectivity index (χ4n) is 4.37. The second kappa shape index (κ2) is 7.60. The van der Waals surface area contributed by atoms with Crippen LogP contribution < -0.4 is 4.90 Å². The van der Waals surface area contributed by atoms with Gasteiger partial charge in [0.1, 0.15) is 0 Å². The summed E-state index contributed by atoms with van der Waals surface area (Å²) in [5, 5.41) is 19.7. The summed E-state index contributed by atoms with van der Waals surface area (Å²) in [6.45, 7) is 1.55. The van der Waals surface area contributed by atoms with Gasteiger partial charge < -0.3 is 4.90 Å².